The van der Waals surface area contributed by atoms with Gasteiger partial charge in [0.1, 0.15) is 12.7 Å². The summed E-state index contributed by atoms with van der Waals surface area (Å²) in [5, 5.41) is 3.39. The van der Waals surface area contributed by atoms with Crippen molar-refractivity contribution in [3.8, 4) is 11.5 Å². The second-order valence-corrected chi connectivity index (χ2v) is 4.18. The zero-order chi connectivity index (χ0) is 12.1. The molecule has 1 heterocycles. The van der Waals surface area contributed by atoms with Gasteiger partial charge in [-0.2, -0.15) is 0 Å². The second kappa shape index (κ2) is 5.73. The Balaban J connectivity index is 1.93. The minimum atomic E-state index is 0.0650. The molecular formula is C14H19NO2. The van der Waals surface area contributed by atoms with E-state index in [1.54, 1.807) is 0 Å². The van der Waals surface area contributed by atoms with Crippen LogP contribution in [0.4, 0.5) is 0 Å². The van der Waals surface area contributed by atoms with E-state index in [1.807, 2.05) is 37.3 Å². The number of hydrogen-bond acceptors (Lipinski definition) is 3. The first kappa shape index (κ1) is 12.0. The van der Waals surface area contributed by atoms with Gasteiger partial charge in [-0.3, -0.25) is 0 Å². The van der Waals surface area contributed by atoms with Gasteiger partial charge in [-0.1, -0.05) is 24.3 Å². The first-order chi connectivity index (χ1) is 8.31. The van der Waals surface area contributed by atoms with Crippen LogP contribution in [0.1, 0.15) is 13.8 Å². The van der Waals surface area contributed by atoms with Crippen molar-refractivity contribution in [2.75, 3.05) is 13.2 Å². The van der Waals surface area contributed by atoms with Crippen molar-refractivity contribution in [2.45, 2.75) is 26.0 Å². The SMILES string of the molecule is C/C=C/CN[C@@H](C)[C@@H]1COc2ccccc2O1. The van der Waals surface area contributed by atoms with Crippen LogP contribution < -0.4 is 14.8 Å². The van der Waals surface area contributed by atoms with Gasteiger partial charge >= 0.3 is 0 Å². The maximum absolute atomic E-state index is 5.91. The number of allylic oxidation sites excluding steroid dienone is 1. The minimum absolute atomic E-state index is 0.0650. The van der Waals surface area contributed by atoms with E-state index in [1.165, 1.54) is 0 Å². The fourth-order valence-corrected chi connectivity index (χ4v) is 1.79. The topological polar surface area (TPSA) is 30.5 Å². The summed E-state index contributed by atoms with van der Waals surface area (Å²) in [5.74, 6) is 1.67. The summed E-state index contributed by atoms with van der Waals surface area (Å²) < 4.78 is 11.6. The lowest BCUT2D eigenvalue weighted by molar-refractivity contribution is 0.0677. The van der Waals surface area contributed by atoms with Crippen molar-refractivity contribution in [1.82, 2.24) is 5.32 Å². The van der Waals surface area contributed by atoms with E-state index < -0.39 is 0 Å². The third kappa shape index (κ3) is 3.01. The normalized spacial score (nSPS) is 20.5. The Bertz CT molecular complexity index is 390. The second-order valence-electron chi connectivity index (χ2n) is 4.18. The minimum Gasteiger partial charge on any atom is -0.486 e. The molecule has 2 rings (SSSR count). The Hall–Kier alpha value is -1.48. The van der Waals surface area contributed by atoms with Crippen LogP contribution in [0.5, 0.6) is 11.5 Å². The van der Waals surface area contributed by atoms with Crippen LogP contribution in [0, 0.1) is 0 Å². The maximum Gasteiger partial charge on any atom is 0.161 e. The lowest BCUT2D eigenvalue weighted by atomic mass is 10.1. The highest BCUT2D eigenvalue weighted by atomic mass is 16.6. The van der Waals surface area contributed by atoms with Crippen LogP contribution in [-0.2, 0) is 0 Å². The summed E-state index contributed by atoms with van der Waals surface area (Å²) in [7, 11) is 0. The summed E-state index contributed by atoms with van der Waals surface area (Å²) in [6.07, 6.45) is 4.19. The lowest BCUT2D eigenvalue weighted by Crippen LogP contribution is -2.46. The standard InChI is InChI=1S/C14H19NO2/c1-3-4-9-15-11(2)14-10-16-12-7-5-6-8-13(12)17-14/h3-8,11,14-15H,9-10H2,1-2H3/b4-3+/t11-,14-/m0/s1. The Labute approximate surface area is 102 Å². The Morgan fingerprint density at radius 3 is 2.94 bits per heavy atom. The molecule has 3 nitrogen and oxygen atoms in total. The molecule has 0 saturated heterocycles. The van der Waals surface area contributed by atoms with Crippen LogP contribution in [0.15, 0.2) is 36.4 Å². The zero-order valence-electron chi connectivity index (χ0n) is 10.3. The highest BCUT2D eigenvalue weighted by Gasteiger charge is 2.25. The molecule has 1 aromatic carbocycles. The molecule has 92 valence electrons. The molecule has 0 amide bonds. The number of rotatable bonds is 4. The van der Waals surface area contributed by atoms with Gasteiger partial charge < -0.3 is 14.8 Å². The van der Waals surface area contributed by atoms with E-state index >= 15 is 0 Å². The van der Waals surface area contributed by atoms with Gasteiger partial charge in [-0.05, 0) is 26.0 Å². The molecule has 0 aliphatic carbocycles. The first-order valence-electron chi connectivity index (χ1n) is 6.04. The molecule has 1 aliphatic heterocycles. The van der Waals surface area contributed by atoms with Gasteiger partial charge in [0.2, 0.25) is 0 Å². The molecule has 3 heteroatoms. The summed E-state index contributed by atoms with van der Waals surface area (Å²) in [6.45, 7) is 5.59. The average molecular weight is 233 g/mol. The van der Waals surface area contributed by atoms with E-state index in [0.717, 1.165) is 18.0 Å². The first-order valence-corrected chi connectivity index (χ1v) is 6.04. The van der Waals surface area contributed by atoms with Crippen LogP contribution in [0.3, 0.4) is 0 Å². The molecule has 0 bridgehead atoms. The molecule has 0 aromatic heterocycles. The van der Waals surface area contributed by atoms with E-state index in [-0.39, 0.29) is 12.1 Å². The summed E-state index contributed by atoms with van der Waals surface area (Å²) in [6, 6.07) is 8.06. The number of benzene rings is 1. The van der Waals surface area contributed by atoms with E-state index in [0.29, 0.717) is 6.61 Å². The summed E-state index contributed by atoms with van der Waals surface area (Å²) in [5.41, 5.74) is 0. The maximum atomic E-state index is 5.91. The highest BCUT2D eigenvalue weighted by molar-refractivity contribution is 5.40. The summed E-state index contributed by atoms with van der Waals surface area (Å²) in [4.78, 5) is 0. The smallest absolute Gasteiger partial charge is 0.161 e. The van der Waals surface area contributed by atoms with Crippen molar-refractivity contribution in [1.29, 1.82) is 0 Å². The molecule has 1 N–H and O–H groups in total. The molecule has 0 fully saturated rings. The number of para-hydroxylation sites is 2. The fraction of sp³-hybridized carbons (Fsp3) is 0.429. The number of nitrogens with one attached hydrogen (secondary N) is 1. The van der Waals surface area contributed by atoms with Crippen molar-refractivity contribution >= 4 is 0 Å². The predicted molar refractivity (Wildman–Crippen MR) is 68.6 cm³/mol. The van der Waals surface area contributed by atoms with Gasteiger partial charge in [-0.25, -0.2) is 0 Å². The Morgan fingerprint density at radius 1 is 1.41 bits per heavy atom. The van der Waals surface area contributed by atoms with Gasteiger partial charge in [0.15, 0.2) is 11.5 Å². The monoisotopic (exact) mass is 233 g/mol. The number of hydrogen-bond donors (Lipinski definition) is 1. The van der Waals surface area contributed by atoms with Crippen LogP contribution in [-0.4, -0.2) is 25.3 Å². The fourth-order valence-electron chi connectivity index (χ4n) is 1.79. The van der Waals surface area contributed by atoms with Gasteiger partial charge in [0.25, 0.3) is 0 Å². The molecule has 0 unspecified atom stereocenters. The molecule has 0 radical (unpaired) electrons. The molecule has 1 aromatic rings. The van der Waals surface area contributed by atoms with Crippen LogP contribution in [0.2, 0.25) is 0 Å². The Kier molecular flexibility index (Phi) is 4.04. The van der Waals surface area contributed by atoms with Crippen molar-refractivity contribution in [3.05, 3.63) is 36.4 Å². The number of fused-ring (bicyclic) bond motifs is 1. The quantitative estimate of drug-likeness (QED) is 0.810. The molecule has 0 saturated carbocycles. The van der Waals surface area contributed by atoms with Gasteiger partial charge in [-0.15, -0.1) is 0 Å². The molecule has 1 aliphatic rings. The largest absolute Gasteiger partial charge is 0.486 e. The molecular weight excluding hydrogens is 214 g/mol. The average Bonchev–Trinajstić information content (AvgIpc) is 2.38. The zero-order valence-corrected chi connectivity index (χ0v) is 10.3. The van der Waals surface area contributed by atoms with Crippen molar-refractivity contribution < 1.29 is 9.47 Å². The third-order valence-electron chi connectivity index (χ3n) is 2.88. The van der Waals surface area contributed by atoms with Gasteiger partial charge in [0, 0.05) is 12.6 Å². The molecule has 0 spiro atoms. The highest BCUT2D eigenvalue weighted by Crippen LogP contribution is 2.31. The van der Waals surface area contributed by atoms with E-state index in [4.69, 9.17) is 9.47 Å². The van der Waals surface area contributed by atoms with Crippen LogP contribution in [0.25, 0.3) is 0 Å². The lowest BCUT2D eigenvalue weighted by Gasteiger charge is -2.30. The third-order valence-corrected chi connectivity index (χ3v) is 2.88. The Morgan fingerprint density at radius 2 is 2.18 bits per heavy atom. The van der Waals surface area contributed by atoms with Crippen molar-refractivity contribution in [2.24, 2.45) is 0 Å². The van der Waals surface area contributed by atoms with Crippen LogP contribution >= 0.6 is 0 Å². The number of ether oxygens (including phenoxy) is 2. The van der Waals surface area contributed by atoms with E-state index in [9.17, 15) is 0 Å². The molecule has 17 heavy (non-hydrogen) atoms. The van der Waals surface area contributed by atoms with E-state index in [2.05, 4.69) is 18.3 Å². The van der Waals surface area contributed by atoms with Gasteiger partial charge in [0.05, 0.1) is 0 Å². The predicted octanol–water partition coefficient (Wildman–Crippen LogP) is 2.38. The van der Waals surface area contributed by atoms with Crippen molar-refractivity contribution in [3.63, 3.8) is 0 Å². The molecule has 2 atom stereocenters. The summed E-state index contributed by atoms with van der Waals surface area (Å²) >= 11 is 0.